The van der Waals surface area contributed by atoms with Gasteiger partial charge in [0.1, 0.15) is 17.9 Å². The summed E-state index contributed by atoms with van der Waals surface area (Å²) in [5, 5.41) is 4.22. The number of nitrogens with zero attached hydrogens (tertiary/aromatic N) is 6. The van der Waals surface area contributed by atoms with Gasteiger partial charge in [0.15, 0.2) is 5.65 Å². The third-order valence-electron chi connectivity index (χ3n) is 5.39. The molecule has 0 aromatic carbocycles. The van der Waals surface area contributed by atoms with Crippen LogP contribution >= 0.6 is 0 Å². The third kappa shape index (κ3) is 3.34. The number of pyridine rings is 1. The number of hydrogen-bond donors (Lipinski definition) is 0. The van der Waals surface area contributed by atoms with Crippen LogP contribution in [0.3, 0.4) is 0 Å². The zero-order valence-corrected chi connectivity index (χ0v) is 16.2. The number of carbonyl (C=O) groups is 1. The van der Waals surface area contributed by atoms with E-state index in [2.05, 4.69) is 28.5 Å². The quantitative estimate of drug-likeness (QED) is 0.712. The number of hydrogen-bond acceptors (Lipinski definition) is 4. The monoisotopic (exact) mass is 366 g/mol. The standard InChI is InChI=1S/C20H26N6O/c1-14(2)19-23-17-5-4-9-21-20(17)26(19)16-7-11-24(12-8-16)18(27)13-25-15(3)6-10-22-25/h4-6,9-10,14,16H,7-8,11-13H2,1-3H3. The summed E-state index contributed by atoms with van der Waals surface area (Å²) in [6.45, 7) is 8.14. The molecule has 142 valence electrons. The average molecular weight is 366 g/mol. The zero-order chi connectivity index (χ0) is 19.0. The second-order valence-corrected chi connectivity index (χ2v) is 7.58. The first-order valence-electron chi connectivity index (χ1n) is 9.63. The maximum absolute atomic E-state index is 12.6. The van der Waals surface area contributed by atoms with Crippen molar-refractivity contribution in [2.24, 2.45) is 0 Å². The first kappa shape index (κ1) is 17.7. The molecule has 0 aliphatic carbocycles. The van der Waals surface area contributed by atoms with E-state index in [1.54, 1.807) is 10.9 Å². The Labute approximate surface area is 159 Å². The molecule has 1 aliphatic rings. The molecular formula is C20H26N6O. The predicted molar refractivity (Wildman–Crippen MR) is 103 cm³/mol. The van der Waals surface area contributed by atoms with Gasteiger partial charge in [0.2, 0.25) is 5.91 Å². The molecule has 0 spiro atoms. The minimum Gasteiger partial charge on any atom is -0.341 e. The second kappa shape index (κ2) is 7.13. The van der Waals surface area contributed by atoms with Crippen LogP contribution in [-0.4, -0.2) is 48.2 Å². The summed E-state index contributed by atoms with van der Waals surface area (Å²) in [4.78, 5) is 24.0. The number of fused-ring (bicyclic) bond motifs is 1. The Kier molecular flexibility index (Phi) is 4.68. The normalized spacial score (nSPS) is 15.8. The number of likely N-dealkylation sites (tertiary alicyclic amines) is 1. The molecule has 1 amide bonds. The maximum Gasteiger partial charge on any atom is 0.244 e. The van der Waals surface area contributed by atoms with Crippen molar-refractivity contribution in [1.29, 1.82) is 0 Å². The van der Waals surface area contributed by atoms with Crippen LogP contribution in [-0.2, 0) is 11.3 Å². The van der Waals surface area contributed by atoms with Crippen LogP contribution < -0.4 is 0 Å². The van der Waals surface area contributed by atoms with Gasteiger partial charge in [-0.25, -0.2) is 9.97 Å². The van der Waals surface area contributed by atoms with Crippen LogP contribution in [0, 0.1) is 6.92 Å². The van der Waals surface area contributed by atoms with Crippen LogP contribution in [0.1, 0.15) is 50.2 Å². The van der Waals surface area contributed by atoms with E-state index in [1.807, 2.05) is 36.2 Å². The zero-order valence-electron chi connectivity index (χ0n) is 16.2. The van der Waals surface area contributed by atoms with Gasteiger partial charge in [0.25, 0.3) is 0 Å². The third-order valence-corrected chi connectivity index (χ3v) is 5.39. The van der Waals surface area contributed by atoms with E-state index >= 15 is 0 Å². The van der Waals surface area contributed by atoms with Crippen molar-refractivity contribution in [3.63, 3.8) is 0 Å². The molecule has 0 atom stereocenters. The van der Waals surface area contributed by atoms with Crippen molar-refractivity contribution in [3.8, 4) is 0 Å². The lowest BCUT2D eigenvalue weighted by Gasteiger charge is -2.33. The van der Waals surface area contributed by atoms with E-state index in [4.69, 9.17) is 4.98 Å². The number of imidazole rings is 1. The molecule has 4 heterocycles. The van der Waals surface area contributed by atoms with Crippen molar-refractivity contribution in [2.45, 2.75) is 52.1 Å². The van der Waals surface area contributed by atoms with Gasteiger partial charge in [-0.05, 0) is 38.0 Å². The van der Waals surface area contributed by atoms with Crippen LogP contribution in [0.2, 0.25) is 0 Å². The predicted octanol–water partition coefficient (Wildman–Crippen LogP) is 2.92. The van der Waals surface area contributed by atoms with E-state index in [0.717, 1.165) is 48.6 Å². The molecule has 1 aliphatic heterocycles. The highest BCUT2D eigenvalue weighted by Crippen LogP contribution is 2.30. The van der Waals surface area contributed by atoms with Gasteiger partial charge in [-0.15, -0.1) is 0 Å². The van der Waals surface area contributed by atoms with Crippen molar-refractivity contribution in [1.82, 2.24) is 29.2 Å². The molecule has 7 nitrogen and oxygen atoms in total. The minimum absolute atomic E-state index is 0.137. The Bertz CT molecular complexity index is 948. The summed E-state index contributed by atoms with van der Waals surface area (Å²) in [6, 6.07) is 6.21. The number of rotatable bonds is 4. The van der Waals surface area contributed by atoms with Crippen molar-refractivity contribution >= 4 is 17.1 Å². The number of piperidine rings is 1. The molecule has 0 radical (unpaired) electrons. The lowest BCUT2D eigenvalue weighted by atomic mass is 10.0. The van der Waals surface area contributed by atoms with Gasteiger partial charge in [0, 0.05) is 43.1 Å². The Morgan fingerprint density at radius 3 is 2.67 bits per heavy atom. The maximum atomic E-state index is 12.6. The van der Waals surface area contributed by atoms with E-state index in [0.29, 0.717) is 18.5 Å². The van der Waals surface area contributed by atoms with Gasteiger partial charge in [-0.3, -0.25) is 9.48 Å². The van der Waals surface area contributed by atoms with Gasteiger partial charge in [-0.2, -0.15) is 5.10 Å². The highest BCUT2D eigenvalue weighted by Gasteiger charge is 2.28. The van der Waals surface area contributed by atoms with Crippen LogP contribution in [0.4, 0.5) is 0 Å². The van der Waals surface area contributed by atoms with Crippen LogP contribution in [0.15, 0.2) is 30.6 Å². The highest BCUT2D eigenvalue weighted by molar-refractivity contribution is 5.76. The van der Waals surface area contributed by atoms with Gasteiger partial charge < -0.3 is 9.47 Å². The second-order valence-electron chi connectivity index (χ2n) is 7.58. The van der Waals surface area contributed by atoms with Gasteiger partial charge >= 0.3 is 0 Å². The van der Waals surface area contributed by atoms with E-state index < -0.39 is 0 Å². The summed E-state index contributed by atoms with van der Waals surface area (Å²) < 4.78 is 4.07. The van der Waals surface area contributed by atoms with E-state index in [1.165, 1.54) is 0 Å². The van der Waals surface area contributed by atoms with Gasteiger partial charge in [0.05, 0.1) is 0 Å². The molecule has 0 unspecified atom stereocenters. The molecule has 4 rings (SSSR count). The number of carbonyl (C=O) groups excluding carboxylic acids is 1. The first-order chi connectivity index (χ1) is 13.0. The fourth-order valence-electron chi connectivity index (χ4n) is 3.88. The number of aromatic nitrogens is 5. The van der Waals surface area contributed by atoms with Crippen molar-refractivity contribution in [3.05, 3.63) is 42.1 Å². The number of amides is 1. The Morgan fingerprint density at radius 1 is 1.22 bits per heavy atom. The lowest BCUT2D eigenvalue weighted by Crippen LogP contribution is -2.41. The summed E-state index contributed by atoms with van der Waals surface area (Å²) in [5.41, 5.74) is 2.92. The Balaban J connectivity index is 1.50. The van der Waals surface area contributed by atoms with E-state index in [9.17, 15) is 4.79 Å². The Morgan fingerprint density at radius 2 is 2.00 bits per heavy atom. The fraction of sp³-hybridized carbons (Fsp3) is 0.500. The smallest absolute Gasteiger partial charge is 0.244 e. The summed E-state index contributed by atoms with van der Waals surface area (Å²) >= 11 is 0. The molecule has 0 saturated carbocycles. The lowest BCUT2D eigenvalue weighted by molar-refractivity contribution is -0.133. The van der Waals surface area contributed by atoms with E-state index in [-0.39, 0.29) is 5.91 Å². The van der Waals surface area contributed by atoms with Gasteiger partial charge in [-0.1, -0.05) is 13.8 Å². The molecule has 0 bridgehead atoms. The topological polar surface area (TPSA) is 68.8 Å². The summed E-state index contributed by atoms with van der Waals surface area (Å²) in [7, 11) is 0. The van der Waals surface area contributed by atoms with Crippen molar-refractivity contribution < 1.29 is 4.79 Å². The minimum atomic E-state index is 0.137. The molecule has 1 saturated heterocycles. The molecule has 3 aromatic rings. The molecule has 7 heteroatoms. The molecule has 1 fully saturated rings. The highest BCUT2D eigenvalue weighted by atomic mass is 16.2. The fourth-order valence-corrected chi connectivity index (χ4v) is 3.88. The average Bonchev–Trinajstić information content (AvgIpc) is 3.25. The first-order valence-corrected chi connectivity index (χ1v) is 9.63. The molecule has 0 N–H and O–H groups in total. The van der Waals surface area contributed by atoms with Crippen LogP contribution in [0.25, 0.3) is 11.2 Å². The number of aryl methyl sites for hydroxylation is 1. The van der Waals surface area contributed by atoms with Crippen LogP contribution in [0.5, 0.6) is 0 Å². The molecule has 3 aromatic heterocycles. The summed E-state index contributed by atoms with van der Waals surface area (Å²) in [6.07, 6.45) is 5.41. The SMILES string of the molecule is Cc1ccnn1CC(=O)N1CCC(n2c(C(C)C)nc3cccnc32)CC1. The Hall–Kier alpha value is -2.70. The largest absolute Gasteiger partial charge is 0.341 e. The molecular weight excluding hydrogens is 340 g/mol. The molecule has 27 heavy (non-hydrogen) atoms. The summed E-state index contributed by atoms with van der Waals surface area (Å²) in [5.74, 6) is 1.56. The van der Waals surface area contributed by atoms with Crippen molar-refractivity contribution in [2.75, 3.05) is 13.1 Å².